The summed E-state index contributed by atoms with van der Waals surface area (Å²) < 4.78 is 0. The maximum atomic E-state index is 11.8. The lowest BCUT2D eigenvalue weighted by molar-refractivity contribution is -0.130. The maximum absolute atomic E-state index is 11.8. The van der Waals surface area contributed by atoms with E-state index in [0.717, 1.165) is 0 Å². The molecule has 3 amide bonds. The van der Waals surface area contributed by atoms with E-state index >= 15 is 0 Å². The van der Waals surface area contributed by atoms with E-state index in [0.29, 0.717) is 23.5 Å². The number of imide groups is 1. The minimum Gasteiger partial charge on any atom is -0.397 e. The quantitative estimate of drug-likeness (QED) is 0.509. The van der Waals surface area contributed by atoms with Crippen molar-refractivity contribution in [1.82, 2.24) is 10.6 Å². The topological polar surface area (TPSA) is 105 Å². The Hall–Kier alpha value is -2.57. The van der Waals surface area contributed by atoms with E-state index in [1.165, 1.54) is 0 Å². The van der Waals surface area contributed by atoms with E-state index in [1.54, 1.807) is 23.1 Å². The van der Waals surface area contributed by atoms with Gasteiger partial charge in [-0.15, -0.1) is 0 Å². The molecule has 4 N–H and O–H groups in total. The Morgan fingerprint density at radius 2 is 2.00 bits per heavy atom. The first kappa shape index (κ1) is 13.9. The average molecular weight is 276 g/mol. The average Bonchev–Trinajstić information content (AvgIpc) is 2.38. The molecule has 0 unspecified atom stereocenters. The van der Waals surface area contributed by atoms with Crippen LogP contribution in [0.4, 0.5) is 11.4 Å². The van der Waals surface area contributed by atoms with Crippen LogP contribution in [0.3, 0.4) is 0 Å². The number of anilines is 2. The van der Waals surface area contributed by atoms with Gasteiger partial charge in [0.1, 0.15) is 0 Å². The lowest BCUT2D eigenvalue weighted by atomic mass is 10.1. The van der Waals surface area contributed by atoms with E-state index in [2.05, 4.69) is 10.6 Å². The van der Waals surface area contributed by atoms with E-state index in [-0.39, 0.29) is 30.8 Å². The molecule has 0 aromatic heterocycles. The third-order valence-electron chi connectivity index (χ3n) is 2.92. The molecule has 1 aromatic carbocycles. The summed E-state index contributed by atoms with van der Waals surface area (Å²) in [6.07, 6.45) is 0. The Morgan fingerprint density at radius 1 is 1.35 bits per heavy atom. The first-order valence-electron chi connectivity index (χ1n) is 6.26. The van der Waals surface area contributed by atoms with Gasteiger partial charge in [-0.2, -0.15) is 0 Å². The van der Waals surface area contributed by atoms with Crippen LogP contribution in [0.1, 0.15) is 17.3 Å². The van der Waals surface area contributed by atoms with E-state index < -0.39 is 0 Å². The molecule has 0 saturated carbocycles. The van der Waals surface area contributed by atoms with Gasteiger partial charge >= 0.3 is 0 Å². The molecule has 0 spiro atoms. The molecule has 0 radical (unpaired) electrons. The predicted octanol–water partition coefficient (Wildman–Crippen LogP) is -0.519. The fourth-order valence-corrected chi connectivity index (χ4v) is 2.03. The van der Waals surface area contributed by atoms with Gasteiger partial charge in [0.2, 0.25) is 11.8 Å². The molecular weight excluding hydrogens is 260 g/mol. The lowest BCUT2D eigenvalue weighted by Gasteiger charge is -2.28. The van der Waals surface area contributed by atoms with Crippen LogP contribution in [0, 0.1) is 0 Å². The second-order valence-electron chi connectivity index (χ2n) is 4.46. The normalized spacial score (nSPS) is 14.9. The maximum Gasteiger partial charge on any atom is 0.251 e. The summed E-state index contributed by atoms with van der Waals surface area (Å²) in [6, 6.07) is 4.79. The Labute approximate surface area is 116 Å². The summed E-state index contributed by atoms with van der Waals surface area (Å²) in [5, 5.41) is 4.90. The third-order valence-corrected chi connectivity index (χ3v) is 2.92. The van der Waals surface area contributed by atoms with Crippen LogP contribution >= 0.6 is 0 Å². The second-order valence-corrected chi connectivity index (χ2v) is 4.46. The Kier molecular flexibility index (Phi) is 3.88. The van der Waals surface area contributed by atoms with Crippen molar-refractivity contribution in [2.75, 3.05) is 30.3 Å². The number of nitrogen functional groups attached to an aromatic ring is 1. The molecule has 2 rings (SSSR count). The van der Waals surface area contributed by atoms with Crippen LogP contribution in [0.25, 0.3) is 0 Å². The van der Waals surface area contributed by atoms with Gasteiger partial charge in [-0.25, -0.2) is 0 Å². The van der Waals surface area contributed by atoms with E-state index in [4.69, 9.17) is 5.73 Å². The number of carbonyl (C=O) groups is 3. The van der Waals surface area contributed by atoms with Crippen LogP contribution in [0.5, 0.6) is 0 Å². The molecule has 1 saturated heterocycles. The number of nitrogens with one attached hydrogen (secondary N) is 2. The van der Waals surface area contributed by atoms with Crippen molar-refractivity contribution in [2.24, 2.45) is 0 Å². The predicted molar refractivity (Wildman–Crippen MR) is 74.2 cm³/mol. The number of rotatable bonds is 3. The summed E-state index contributed by atoms with van der Waals surface area (Å²) >= 11 is 0. The van der Waals surface area contributed by atoms with Crippen molar-refractivity contribution < 1.29 is 14.4 Å². The van der Waals surface area contributed by atoms with Gasteiger partial charge in [-0.05, 0) is 25.1 Å². The summed E-state index contributed by atoms with van der Waals surface area (Å²) in [5.41, 5.74) is 7.24. The van der Waals surface area contributed by atoms with Crippen molar-refractivity contribution >= 4 is 29.1 Å². The van der Waals surface area contributed by atoms with Crippen molar-refractivity contribution in [3.8, 4) is 0 Å². The van der Waals surface area contributed by atoms with Gasteiger partial charge < -0.3 is 16.0 Å². The first-order chi connectivity index (χ1) is 9.51. The van der Waals surface area contributed by atoms with Gasteiger partial charge in [0.25, 0.3) is 5.91 Å². The molecule has 1 aliphatic rings. The van der Waals surface area contributed by atoms with Crippen LogP contribution in [0.15, 0.2) is 18.2 Å². The number of piperazine rings is 1. The van der Waals surface area contributed by atoms with Gasteiger partial charge in [0.05, 0.1) is 24.5 Å². The zero-order valence-corrected chi connectivity index (χ0v) is 11.1. The lowest BCUT2D eigenvalue weighted by Crippen LogP contribution is -2.51. The van der Waals surface area contributed by atoms with Gasteiger partial charge in [-0.1, -0.05) is 0 Å². The smallest absolute Gasteiger partial charge is 0.251 e. The second kappa shape index (κ2) is 5.60. The Morgan fingerprint density at radius 3 is 2.60 bits per heavy atom. The standard InChI is InChI=1S/C13H16N4O3/c1-2-15-13(20)8-3-4-9(14)10(5-8)17-6-11(18)16-12(19)7-17/h3-5H,2,6-7,14H2,1H3,(H,15,20)(H,16,18,19). The molecule has 1 fully saturated rings. The molecule has 106 valence electrons. The van der Waals surface area contributed by atoms with E-state index in [1.807, 2.05) is 6.92 Å². The molecule has 7 nitrogen and oxygen atoms in total. The summed E-state index contributed by atoms with van der Waals surface area (Å²) in [4.78, 5) is 36.1. The van der Waals surface area contributed by atoms with Crippen molar-refractivity contribution in [2.45, 2.75) is 6.92 Å². The number of carbonyl (C=O) groups excluding carboxylic acids is 3. The number of nitrogens with two attached hydrogens (primary N) is 1. The zero-order chi connectivity index (χ0) is 14.7. The number of nitrogens with zero attached hydrogens (tertiary/aromatic N) is 1. The zero-order valence-electron chi connectivity index (χ0n) is 11.1. The fraction of sp³-hybridized carbons (Fsp3) is 0.308. The molecule has 1 aromatic rings. The molecule has 1 heterocycles. The molecule has 1 aliphatic heterocycles. The third kappa shape index (κ3) is 2.87. The van der Waals surface area contributed by atoms with Crippen molar-refractivity contribution in [3.05, 3.63) is 23.8 Å². The number of hydrogen-bond donors (Lipinski definition) is 3. The van der Waals surface area contributed by atoms with E-state index in [9.17, 15) is 14.4 Å². The van der Waals surface area contributed by atoms with Crippen LogP contribution in [-0.4, -0.2) is 37.4 Å². The first-order valence-corrected chi connectivity index (χ1v) is 6.26. The van der Waals surface area contributed by atoms with Gasteiger partial charge in [0, 0.05) is 12.1 Å². The Bertz CT molecular complexity index is 555. The number of hydrogen-bond acceptors (Lipinski definition) is 5. The molecular formula is C13H16N4O3. The minimum atomic E-state index is -0.385. The summed E-state index contributed by atoms with van der Waals surface area (Å²) in [5.74, 6) is -0.991. The van der Waals surface area contributed by atoms with Crippen LogP contribution in [-0.2, 0) is 9.59 Å². The van der Waals surface area contributed by atoms with Crippen LogP contribution in [0.2, 0.25) is 0 Å². The SMILES string of the molecule is CCNC(=O)c1ccc(N)c(N2CC(=O)NC(=O)C2)c1. The molecule has 0 bridgehead atoms. The monoisotopic (exact) mass is 276 g/mol. The largest absolute Gasteiger partial charge is 0.397 e. The summed E-state index contributed by atoms with van der Waals surface area (Å²) in [6.45, 7) is 2.41. The summed E-state index contributed by atoms with van der Waals surface area (Å²) in [7, 11) is 0. The Balaban J connectivity index is 2.30. The number of amides is 3. The molecule has 20 heavy (non-hydrogen) atoms. The highest BCUT2D eigenvalue weighted by Crippen LogP contribution is 2.25. The van der Waals surface area contributed by atoms with Crippen molar-refractivity contribution in [1.29, 1.82) is 0 Å². The molecule has 0 atom stereocenters. The molecule has 7 heteroatoms. The minimum absolute atomic E-state index is 0.0365. The van der Waals surface area contributed by atoms with Crippen molar-refractivity contribution in [3.63, 3.8) is 0 Å². The van der Waals surface area contributed by atoms with Gasteiger partial charge in [0.15, 0.2) is 0 Å². The highest BCUT2D eigenvalue weighted by Gasteiger charge is 2.24. The number of benzene rings is 1. The highest BCUT2D eigenvalue weighted by molar-refractivity contribution is 6.04. The molecule has 0 aliphatic carbocycles. The van der Waals surface area contributed by atoms with Gasteiger partial charge in [-0.3, -0.25) is 19.7 Å². The van der Waals surface area contributed by atoms with Crippen LogP contribution < -0.4 is 21.3 Å². The highest BCUT2D eigenvalue weighted by atomic mass is 16.2. The fourth-order valence-electron chi connectivity index (χ4n) is 2.03.